The lowest BCUT2D eigenvalue weighted by atomic mass is 10.2. The number of carbonyl (C=O) groups excluding carboxylic acids is 2. The molecule has 4 N–H and O–H groups in total. The van der Waals surface area contributed by atoms with E-state index in [4.69, 9.17) is 5.73 Å². The Bertz CT molecular complexity index is 448. The third kappa shape index (κ3) is 11.2. The van der Waals surface area contributed by atoms with E-state index in [1.54, 1.807) is 24.3 Å². The molecule has 8 heteroatoms. The maximum atomic E-state index is 11.7. The van der Waals surface area contributed by atoms with Gasteiger partial charge in [0.2, 0.25) is 11.8 Å². The standard InChI is InChI=1S/C16H26N4O2.2ClH/c1-12(17)4-9-15(21)18-13-5-7-14(8-6-13)19-16(22)10-11-20(2)3;;/h5-8,12H,4,9-11,17H2,1-3H3,(H,18,21)(H,19,22);2*1H. The molecule has 0 aliphatic rings. The zero-order valence-electron chi connectivity index (χ0n) is 14.4. The fraction of sp³-hybridized carbons (Fsp3) is 0.500. The van der Waals surface area contributed by atoms with Gasteiger partial charge in [-0.15, -0.1) is 24.8 Å². The predicted molar refractivity (Wildman–Crippen MR) is 104 cm³/mol. The fourth-order valence-electron chi connectivity index (χ4n) is 1.77. The molecule has 0 aliphatic heterocycles. The number of nitrogens with zero attached hydrogens (tertiary/aromatic N) is 1. The number of halogens is 2. The largest absolute Gasteiger partial charge is 0.328 e. The number of carbonyl (C=O) groups is 2. The van der Waals surface area contributed by atoms with Gasteiger partial charge >= 0.3 is 0 Å². The third-order valence-electron chi connectivity index (χ3n) is 3.07. The van der Waals surface area contributed by atoms with Crippen LogP contribution in [0, 0.1) is 0 Å². The summed E-state index contributed by atoms with van der Waals surface area (Å²) in [7, 11) is 3.85. The highest BCUT2D eigenvalue weighted by Gasteiger charge is 2.06. The van der Waals surface area contributed by atoms with Crippen molar-refractivity contribution in [1.82, 2.24) is 4.90 Å². The summed E-state index contributed by atoms with van der Waals surface area (Å²) >= 11 is 0. The number of nitrogens with two attached hydrogens (primary N) is 1. The molecule has 2 amide bonds. The molecule has 0 saturated heterocycles. The van der Waals surface area contributed by atoms with Crippen molar-refractivity contribution in [3.8, 4) is 0 Å². The van der Waals surface area contributed by atoms with Crippen molar-refractivity contribution < 1.29 is 9.59 Å². The maximum Gasteiger partial charge on any atom is 0.225 e. The average Bonchev–Trinajstić information content (AvgIpc) is 2.45. The third-order valence-corrected chi connectivity index (χ3v) is 3.07. The van der Waals surface area contributed by atoms with E-state index in [1.165, 1.54) is 0 Å². The molecular weight excluding hydrogens is 351 g/mol. The number of hydrogen-bond donors (Lipinski definition) is 3. The molecule has 0 fully saturated rings. The molecule has 1 atom stereocenters. The Hall–Kier alpha value is -1.34. The minimum atomic E-state index is -0.0555. The predicted octanol–water partition coefficient (Wildman–Crippen LogP) is 2.49. The van der Waals surface area contributed by atoms with Gasteiger partial charge in [0.05, 0.1) is 0 Å². The molecular formula is C16H28Cl2N4O2. The van der Waals surface area contributed by atoms with E-state index in [2.05, 4.69) is 10.6 Å². The normalized spacial score (nSPS) is 11.0. The van der Waals surface area contributed by atoms with Gasteiger partial charge in [0, 0.05) is 36.8 Å². The summed E-state index contributed by atoms with van der Waals surface area (Å²) in [6.07, 6.45) is 1.51. The molecule has 1 unspecified atom stereocenters. The lowest BCUT2D eigenvalue weighted by Crippen LogP contribution is -2.21. The van der Waals surface area contributed by atoms with E-state index >= 15 is 0 Å². The first kappa shape index (κ1) is 24.9. The molecule has 24 heavy (non-hydrogen) atoms. The highest BCUT2D eigenvalue weighted by atomic mass is 35.5. The molecule has 1 rings (SSSR count). The quantitative estimate of drug-likeness (QED) is 0.648. The van der Waals surface area contributed by atoms with Crippen molar-refractivity contribution in [3.05, 3.63) is 24.3 Å². The van der Waals surface area contributed by atoms with Gasteiger partial charge in [0.15, 0.2) is 0 Å². The van der Waals surface area contributed by atoms with E-state index in [9.17, 15) is 9.59 Å². The van der Waals surface area contributed by atoms with E-state index in [0.29, 0.717) is 31.5 Å². The summed E-state index contributed by atoms with van der Waals surface area (Å²) in [6, 6.07) is 7.10. The van der Waals surface area contributed by atoms with Crippen LogP contribution in [-0.4, -0.2) is 43.4 Å². The van der Waals surface area contributed by atoms with E-state index in [-0.39, 0.29) is 42.7 Å². The van der Waals surface area contributed by atoms with Crippen LogP contribution in [0.15, 0.2) is 24.3 Å². The number of rotatable bonds is 8. The Kier molecular flexibility index (Phi) is 13.5. The van der Waals surface area contributed by atoms with Crippen LogP contribution < -0.4 is 16.4 Å². The van der Waals surface area contributed by atoms with Gasteiger partial charge in [-0.2, -0.15) is 0 Å². The number of anilines is 2. The van der Waals surface area contributed by atoms with Crippen LogP contribution in [0.1, 0.15) is 26.2 Å². The van der Waals surface area contributed by atoms with Gasteiger partial charge in [-0.3, -0.25) is 9.59 Å². The molecule has 0 aromatic heterocycles. The van der Waals surface area contributed by atoms with Crippen LogP contribution in [0.3, 0.4) is 0 Å². The summed E-state index contributed by atoms with van der Waals surface area (Å²) in [4.78, 5) is 25.4. The fourth-order valence-corrected chi connectivity index (χ4v) is 1.77. The summed E-state index contributed by atoms with van der Waals surface area (Å²) in [6.45, 7) is 2.58. The van der Waals surface area contributed by atoms with Crippen molar-refractivity contribution in [1.29, 1.82) is 0 Å². The molecule has 0 bridgehead atoms. The Morgan fingerprint density at radius 3 is 1.79 bits per heavy atom. The number of amides is 2. The molecule has 1 aromatic carbocycles. The lowest BCUT2D eigenvalue weighted by molar-refractivity contribution is -0.117. The smallest absolute Gasteiger partial charge is 0.225 e. The molecule has 0 saturated carbocycles. The van der Waals surface area contributed by atoms with Crippen LogP contribution >= 0.6 is 24.8 Å². The first-order valence-corrected chi connectivity index (χ1v) is 7.47. The number of benzene rings is 1. The van der Waals surface area contributed by atoms with Gasteiger partial charge in [0.1, 0.15) is 0 Å². The maximum absolute atomic E-state index is 11.7. The number of nitrogens with one attached hydrogen (secondary N) is 2. The van der Waals surface area contributed by atoms with Crippen molar-refractivity contribution in [2.75, 3.05) is 31.3 Å². The van der Waals surface area contributed by atoms with Gasteiger partial charge in [0.25, 0.3) is 0 Å². The molecule has 0 aliphatic carbocycles. The van der Waals surface area contributed by atoms with E-state index < -0.39 is 0 Å². The zero-order valence-corrected chi connectivity index (χ0v) is 16.0. The molecule has 0 radical (unpaired) electrons. The Morgan fingerprint density at radius 2 is 1.42 bits per heavy atom. The van der Waals surface area contributed by atoms with Gasteiger partial charge < -0.3 is 21.3 Å². The van der Waals surface area contributed by atoms with Crippen molar-refractivity contribution >= 4 is 48.0 Å². The molecule has 0 heterocycles. The Morgan fingerprint density at radius 1 is 1.00 bits per heavy atom. The summed E-state index contributed by atoms with van der Waals surface area (Å²) in [5.41, 5.74) is 7.05. The summed E-state index contributed by atoms with van der Waals surface area (Å²) < 4.78 is 0. The molecule has 1 aromatic rings. The van der Waals surface area contributed by atoms with Crippen LogP contribution in [-0.2, 0) is 9.59 Å². The van der Waals surface area contributed by atoms with Gasteiger partial charge in [-0.1, -0.05) is 0 Å². The second-order valence-corrected chi connectivity index (χ2v) is 5.74. The van der Waals surface area contributed by atoms with Crippen LogP contribution in [0.5, 0.6) is 0 Å². The van der Waals surface area contributed by atoms with Crippen molar-refractivity contribution in [2.45, 2.75) is 32.2 Å². The van der Waals surface area contributed by atoms with Crippen LogP contribution in [0.2, 0.25) is 0 Å². The average molecular weight is 379 g/mol. The van der Waals surface area contributed by atoms with Crippen molar-refractivity contribution in [2.24, 2.45) is 5.73 Å². The van der Waals surface area contributed by atoms with Crippen LogP contribution in [0.4, 0.5) is 11.4 Å². The SMILES string of the molecule is CC(N)CCC(=O)Nc1ccc(NC(=O)CCN(C)C)cc1.Cl.Cl. The monoisotopic (exact) mass is 378 g/mol. The van der Waals surface area contributed by atoms with E-state index in [1.807, 2.05) is 25.9 Å². The Labute approximate surface area is 156 Å². The topological polar surface area (TPSA) is 87.5 Å². The highest BCUT2D eigenvalue weighted by Crippen LogP contribution is 2.14. The molecule has 0 spiro atoms. The minimum absolute atomic E-state index is 0. The lowest BCUT2D eigenvalue weighted by Gasteiger charge is -2.10. The highest BCUT2D eigenvalue weighted by molar-refractivity contribution is 5.93. The molecule has 6 nitrogen and oxygen atoms in total. The minimum Gasteiger partial charge on any atom is -0.328 e. The summed E-state index contributed by atoms with van der Waals surface area (Å²) in [5.74, 6) is -0.0810. The van der Waals surface area contributed by atoms with Crippen LogP contribution in [0.25, 0.3) is 0 Å². The van der Waals surface area contributed by atoms with Gasteiger partial charge in [-0.05, 0) is 51.7 Å². The van der Waals surface area contributed by atoms with Crippen molar-refractivity contribution in [3.63, 3.8) is 0 Å². The zero-order chi connectivity index (χ0) is 16.5. The number of hydrogen-bond acceptors (Lipinski definition) is 4. The first-order chi connectivity index (χ1) is 10.4. The second-order valence-electron chi connectivity index (χ2n) is 5.74. The van der Waals surface area contributed by atoms with E-state index in [0.717, 1.165) is 5.69 Å². The Balaban J connectivity index is 0. The molecule has 138 valence electrons. The first-order valence-electron chi connectivity index (χ1n) is 7.47. The second kappa shape index (κ2) is 13.0. The summed E-state index contributed by atoms with van der Waals surface area (Å²) in [5, 5.41) is 5.63. The van der Waals surface area contributed by atoms with Gasteiger partial charge in [-0.25, -0.2) is 0 Å².